The molecule has 0 saturated heterocycles. The number of nitrogens with one attached hydrogen (secondary N) is 2. The van der Waals surface area contributed by atoms with E-state index in [-0.39, 0.29) is 11.6 Å². The van der Waals surface area contributed by atoms with Crippen LogP contribution in [0, 0.1) is 0 Å². The van der Waals surface area contributed by atoms with Gasteiger partial charge in [0, 0.05) is 66.0 Å². The summed E-state index contributed by atoms with van der Waals surface area (Å²) in [4.78, 5) is 37.0. The quantitative estimate of drug-likeness (QED) is 0.173. The maximum absolute atomic E-state index is 14.7. The Labute approximate surface area is 401 Å². The molecule has 0 saturated carbocycles. The molecule has 0 atom stereocenters. The minimum atomic E-state index is -0.146. The van der Waals surface area contributed by atoms with Crippen molar-refractivity contribution in [1.29, 1.82) is 0 Å². The van der Waals surface area contributed by atoms with Crippen LogP contribution in [0.1, 0.15) is 31.8 Å². The van der Waals surface area contributed by atoms with Crippen molar-refractivity contribution >= 4 is 98.3 Å². The Morgan fingerprint density at radius 3 is 1.07 bits per heavy atom. The van der Waals surface area contributed by atoms with Gasteiger partial charge in [-0.15, -0.1) is 0 Å². The summed E-state index contributed by atoms with van der Waals surface area (Å²) >= 11 is 0. The van der Waals surface area contributed by atoms with Gasteiger partial charge in [-0.3, -0.25) is 9.59 Å². The third-order valence-electron chi connectivity index (χ3n) is 15.1. The van der Waals surface area contributed by atoms with Crippen LogP contribution in [-0.2, 0) is 0 Å². The van der Waals surface area contributed by atoms with E-state index in [0.717, 1.165) is 98.9 Å². The second kappa shape index (κ2) is 14.6. The lowest BCUT2D eigenvalue weighted by atomic mass is 9.80. The number of rotatable bonds is 4. The molecule has 4 nitrogen and oxygen atoms in total. The van der Waals surface area contributed by atoms with E-state index in [9.17, 15) is 9.59 Å². The number of ketones is 2. The van der Waals surface area contributed by atoms with Gasteiger partial charge in [0.25, 0.3) is 0 Å². The minimum absolute atomic E-state index is 0.146. The molecule has 1 aliphatic carbocycles. The Kier molecular flexibility index (Phi) is 8.05. The fraction of sp³-hybridized carbons (Fsp3) is 0. The molecule has 4 heteroatoms. The predicted octanol–water partition coefficient (Wildman–Crippen LogP) is 17.0. The lowest BCUT2D eigenvalue weighted by Crippen LogP contribution is -2.21. The van der Waals surface area contributed by atoms with E-state index in [1.54, 1.807) is 0 Å². The molecule has 1 aliphatic rings. The highest BCUT2D eigenvalue weighted by atomic mass is 16.1. The van der Waals surface area contributed by atoms with Crippen molar-refractivity contribution in [3.63, 3.8) is 0 Å². The van der Waals surface area contributed by atoms with Gasteiger partial charge in [-0.25, -0.2) is 0 Å². The number of hydrogen-bond acceptors (Lipinski definition) is 2. The van der Waals surface area contributed by atoms with Crippen LogP contribution >= 0.6 is 0 Å². The van der Waals surface area contributed by atoms with Crippen molar-refractivity contribution in [1.82, 2.24) is 9.97 Å². The van der Waals surface area contributed by atoms with Crippen molar-refractivity contribution in [2.24, 2.45) is 0 Å². The van der Waals surface area contributed by atoms with Gasteiger partial charge in [0.15, 0.2) is 11.6 Å². The number of benzene rings is 12. The van der Waals surface area contributed by atoms with Crippen LogP contribution < -0.4 is 0 Å². The van der Waals surface area contributed by atoms with Gasteiger partial charge in [-0.1, -0.05) is 170 Å². The van der Waals surface area contributed by atoms with Gasteiger partial charge < -0.3 is 9.97 Å². The Hall–Kier alpha value is -9.38. The summed E-state index contributed by atoms with van der Waals surface area (Å²) in [7, 11) is 0. The molecule has 324 valence electrons. The van der Waals surface area contributed by atoms with Gasteiger partial charge in [0.05, 0.1) is 11.0 Å². The SMILES string of the molecule is O=C1c2ccc(-c3cccc4c(-c5cccc6c5[nH]c5ccccc56)c5ccccc5cc34)cc2C(=O)c2ccc(-c3cccc4c(-c5cccc6c5[nH]c5ccccc56)c5ccccc5cc34)cc21. The molecule has 0 bridgehead atoms. The Bertz CT molecular complexity index is 4350. The third kappa shape index (κ3) is 5.47. The fourth-order valence-electron chi connectivity index (χ4n) is 11.9. The number of aromatic amines is 2. The molecular formula is C66H38N2O2. The number of carbonyl (C=O) groups is 2. The lowest BCUT2D eigenvalue weighted by molar-refractivity contribution is 0.0979. The van der Waals surface area contributed by atoms with Crippen molar-refractivity contribution in [3.8, 4) is 44.5 Å². The Morgan fingerprint density at radius 2 is 0.614 bits per heavy atom. The van der Waals surface area contributed by atoms with Gasteiger partial charge in [-0.2, -0.15) is 0 Å². The monoisotopic (exact) mass is 890 g/mol. The second-order valence-electron chi connectivity index (χ2n) is 18.7. The van der Waals surface area contributed by atoms with Crippen molar-refractivity contribution in [2.45, 2.75) is 0 Å². The summed E-state index contributed by atoms with van der Waals surface area (Å²) in [6, 6.07) is 76.1. The van der Waals surface area contributed by atoms with Gasteiger partial charge >= 0.3 is 0 Å². The third-order valence-corrected chi connectivity index (χ3v) is 15.1. The van der Waals surface area contributed by atoms with E-state index in [2.05, 4.69) is 192 Å². The van der Waals surface area contributed by atoms with E-state index in [1.807, 2.05) is 36.4 Å². The summed E-state index contributed by atoms with van der Waals surface area (Å²) < 4.78 is 0. The van der Waals surface area contributed by atoms with Crippen LogP contribution in [0.5, 0.6) is 0 Å². The molecule has 14 aromatic rings. The summed E-state index contributed by atoms with van der Waals surface area (Å²) in [6.07, 6.45) is 0. The lowest BCUT2D eigenvalue weighted by Gasteiger charge is -2.21. The Balaban J connectivity index is 0.855. The molecule has 12 aromatic carbocycles. The molecule has 2 N–H and O–H groups in total. The van der Waals surface area contributed by atoms with Crippen molar-refractivity contribution in [2.75, 3.05) is 0 Å². The van der Waals surface area contributed by atoms with Crippen LogP contribution in [0.25, 0.3) is 131 Å². The highest BCUT2D eigenvalue weighted by Crippen LogP contribution is 2.46. The summed E-state index contributed by atoms with van der Waals surface area (Å²) in [6.45, 7) is 0. The zero-order chi connectivity index (χ0) is 46.2. The molecule has 0 radical (unpaired) electrons. The molecule has 70 heavy (non-hydrogen) atoms. The first-order chi connectivity index (χ1) is 34.6. The predicted molar refractivity (Wildman–Crippen MR) is 290 cm³/mol. The van der Waals surface area contributed by atoms with E-state index < -0.39 is 0 Å². The number of para-hydroxylation sites is 4. The topological polar surface area (TPSA) is 65.7 Å². The van der Waals surface area contributed by atoms with Crippen LogP contribution in [0.4, 0.5) is 0 Å². The maximum Gasteiger partial charge on any atom is 0.194 e. The number of carbonyl (C=O) groups excluding carboxylic acids is 2. The first-order valence-corrected chi connectivity index (χ1v) is 23.8. The van der Waals surface area contributed by atoms with Crippen molar-refractivity contribution in [3.05, 3.63) is 241 Å². The summed E-state index contributed by atoms with van der Waals surface area (Å²) in [5.41, 5.74) is 14.5. The molecule has 0 aliphatic heterocycles. The number of aromatic nitrogens is 2. The number of fused-ring (bicyclic) bond motifs is 12. The molecule has 0 spiro atoms. The number of hydrogen-bond donors (Lipinski definition) is 2. The Morgan fingerprint density at radius 1 is 0.243 bits per heavy atom. The number of H-pyrrole nitrogens is 2. The zero-order valence-electron chi connectivity index (χ0n) is 37.6. The zero-order valence-corrected chi connectivity index (χ0v) is 37.6. The smallest absolute Gasteiger partial charge is 0.194 e. The largest absolute Gasteiger partial charge is 0.354 e. The summed E-state index contributed by atoms with van der Waals surface area (Å²) in [5.74, 6) is -0.292. The second-order valence-corrected chi connectivity index (χ2v) is 18.7. The van der Waals surface area contributed by atoms with E-state index in [0.29, 0.717) is 22.3 Å². The van der Waals surface area contributed by atoms with E-state index in [4.69, 9.17) is 0 Å². The summed E-state index contributed by atoms with van der Waals surface area (Å²) in [5, 5.41) is 13.7. The van der Waals surface area contributed by atoms with Crippen LogP contribution in [0.2, 0.25) is 0 Å². The molecule has 0 amide bonds. The average Bonchev–Trinajstić information content (AvgIpc) is 4.00. The maximum atomic E-state index is 14.7. The van der Waals surface area contributed by atoms with Crippen LogP contribution in [0.3, 0.4) is 0 Å². The standard InChI is InChI=1S/C66H38N2O2/c69-65-52-32-30-40(42-20-10-22-48-56(42)34-38-14-2-4-16-44(38)62(48)54-26-12-24-50-46-18-6-8-28-60(46)68-64(50)54)36-58(52)66(70)51-31-29-39(35-57(51)65)41-19-9-21-47-55(41)33-37-13-1-3-15-43(37)61(47)53-25-11-23-49-45-17-5-7-27-59(45)67-63(49)53/h1-36,67-68H. The van der Waals surface area contributed by atoms with Gasteiger partial charge in [0.1, 0.15) is 0 Å². The van der Waals surface area contributed by atoms with Gasteiger partial charge in [0.2, 0.25) is 0 Å². The molecule has 2 heterocycles. The molecule has 0 unspecified atom stereocenters. The van der Waals surface area contributed by atoms with Crippen molar-refractivity contribution < 1.29 is 9.59 Å². The van der Waals surface area contributed by atoms with Gasteiger partial charge in [-0.05, 0) is 125 Å². The normalized spacial score (nSPS) is 12.6. The molecule has 15 rings (SSSR count). The molecular weight excluding hydrogens is 853 g/mol. The minimum Gasteiger partial charge on any atom is -0.354 e. The highest BCUT2D eigenvalue weighted by Gasteiger charge is 2.31. The van der Waals surface area contributed by atoms with Crippen LogP contribution in [-0.4, -0.2) is 21.5 Å². The van der Waals surface area contributed by atoms with Crippen LogP contribution in [0.15, 0.2) is 218 Å². The highest BCUT2D eigenvalue weighted by molar-refractivity contribution is 6.30. The first kappa shape index (κ1) is 38.7. The average molecular weight is 891 g/mol. The molecule has 2 aromatic heterocycles. The fourth-order valence-corrected chi connectivity index (χ4v) is 11.9. The van der Waals surface area contributed by atoms with E-state index in [1.165, 1.54) is 32.3 Å². The molecule has 0 fully saturated rings. The van der Waals surface area contributed by atoms with E-state index >= 15 is 0 Å². The first-order valence-electron chi connectivity index (χ1n) is 23.8.